The van der Waals surface area contributed by atoms with E-state index in [1.807, 2.05) is 30.9 Å². The average Bonchev–Trinajstić information content (AvgIpc) is 3.63. The van der Waals surface area contributed by atoms with Gasteiger partial charge in [-0.2, -0.15) is 0 Å². The molecule has 7 atom stereocenters. The Bertz CT molecular complexity index is 1570. The summed E-state index contributed by atoms with van der Waals surface area (Å²) in [7, 11) is 0. The van der Waals surface area contributed by atoms with Gasteiger partial charge in [0, 0.05) is 50.1 Å². The van der Waals surface area contributed by atoms with Gasteiger partial charge in [-0.1, -0.05) is 26.8 Å². The van der Waals surface area contributed by atoms with Gasteiger partial charge < -0.3 is 33.3 Å². The lowest BCUT2D eigenvalue weighted by Gasteiger charge is -2.44. The molecule has 4 heterocycles. The zero-order valence-electron chi connectivity index (χ0n) is 27.8. The zero-order chi connectivity index (χ0) is 33.0. The standard InChI is InChI=1S/C36H44N2O9/c1-6-27-20(3)21(4)34(45-22(5)39)36(46-27)47-28-17-26-23(14-19(28)2)31-32(24-15-29-30(44-18-43-29)16-25(24)33(31)40)38(35(26)41)9-7-8-37-10-12-42-13-11-37/h14-17,20-21,27,31-32,34,36H,6-13,18H2,1-5H3/t20-,21+,27-,31?,32?,34-,36+/m1/s1. The summed E-state index contributed by atoms with van der Waals surface area (Å²) in [4.78, 5) is 45.0. The normalized spacial score (nSPS) is 29.7. The summed E-state index contributed by atoms with van der Waals surface area (Å²) < 4.78 is 35.4. The van der Waals surface area contributed by atoms with Crippen LogP contribution in [0.2, 0.25) is 0 Å². The monoisotopic (exact) mass is 648 g/mol. The third kappa shape index (κ3) is 5.66. The Labute approximate surface area is 275 Å². The number of aryl methyl sites for hydroxylation is 1. The maximum Gasteiger partial charge on any atom is 0.303 e. The molecule has 47 heavy (non-hydrogen) atoms. The number of Topliss-reactive ketones (excluding diaryl/α,β-unsaturated/α-hetero) is 1. The van der Waals surface area contributed by atoms with Gasteiger partial charge in [0.1, 0.15) is 5.75 Å². The third-order valence-corrected chi connectivity index (χ3v) is 10.7. The van der Waals surface area contributed by atoms with Crippen molar-refractivity contribution in [1.29, 1.82) is 0 Å². The minimum absolute atomic E-state index is 0.00548. The summed E-state index contributed by atoms with van der Waals surface area (Å²) in [5.74, 6) is 0.589. The van der Waals surface area contributed by atoms with Crippen LogP contribution in [0.4, 0.5) is 0 Å². The highest BCUT2D eigenvalue weighted by molar-refractivity contribution is 6.11. The molecule has 0 bridgehead atoms. The first-order valence-electron chi connectivity index (χ1n) is 16.9. The highest BCUT2D eigenvalue weighted by Gasteiger charge is 2.51. The van der Waals surface area contributed by atoms with Gasteiger partial charge in [0.25, 0.3) is 5.91 Å². The van der Waals surface area contributed by atoms with Crippen molar-refractivity contribution in [1.82, 2.24) is 9.80 Å². The largest absolute Gasteiger partial charge is 0.461 e. The summed E-state index contributed by atoms with van der Waals surface area (Å²) in [5.41, 5.74) is 3.24. The first-order valence-corrected chi connectivity index (χ1v) is 16.9. The Balaban J connectivity index is 1.24. The molecule has 11 heteroatoms. The summed E-state index contributed by atoms with van der Waals surface area (Å²) in [6, 6.07) is 6.84. The Kier molecular flexibility index (Phi) is 8.65. The number of hydrogen-bond acceptors (Lipinski definition) is 10. The van der Waals surface area contributed by atoms with Crippen LogP contribution in [0.3, 0.4) is 0 Å². The van der Waals surface area contributed by atoms with Crippen LogP contribution in [0.1, 0.15) is 89.9 Å². The van der Waals surface area contributed by atoms with E-state index in [-0.39, 0.29) is 36.4 Å². The maximum atomic E-state index is 14.5. The van der Waals surface area contributed by atoms with Crippen molar-refractivity contribution in [3.63, 3.8) is 0 Å². The lowest BCUT2D eigenvalue weighted by Crippen LogP contribution is -2.53. The number of ketones is 1. The Hall–Kier alpha value is -3.67. The van der Waals surface area contributed by atoms with Gasteiger partial charge in [-0.3, -0.25) is 19.3 Å². The van der Waals surface area contributed by atoms with Crippen molar-refractivity contribution < 1.29 is 42.8 Å². The predicted octanol–water partition coefficient (Wildman–Crippen LogP) is 4.64. The van der Waals surface area contributed by atoms with E-state index in [4.69, 9.17) is 28.4 Å². The van der Waals surface area contributed by atoms with E-state index >= 15 is 0 Å². The molecular formula is C36H44N2O9. The van der Waals surface area contributed by atoms with E-state index in [9.17, 15) is 14.4 Å². The Morgan fingerprint density at radius 3 is 2.43 bits per heavy atom. The van der Waals surface area contributed by atoms with Crippen LogP contribution < -0.4 is 14.2 Å². The predicted molar refractivity (Wildman–Crippen MR) is 170 cm³/mol. The molecule has 4 aliphatic heterocycles. The molecule has 0 N–H and O–H groups in total. The van der Waals surface area contributed by atoms with Gasteiger partial charge in [0.05, 0.1) is 31.3 Å². The van der Waals surface area contributed by atoms with Gasteiger partial charge in [-0.05, 0) is 60.6 Å². The number of esters is 1. The number of fused-ring (bicyclic) bond motifs is 6. The molecule has 2 fully saturated rings. The molecule has 0 radical (unpaired) electrons. The highest BCUT2D eigenvalue weighted by atomic mass is 16.7. The number of carbonyl (C=O) groups is 3. The number of benzene rings is 2. The third-order valence-electron chi connectivity index (χ3n) is 10.7. The molecule has 11 nitrogen and oxygen atoms in total. The van der Waals surface area contributed by atoms with Crippen LogP contribution >= 0.6 is 0 Å². The fourth-order valence-corrected chi connectivity index (χ4v) is 7.96. The fraction of sp³-hybridized carbons (Fsp3) is 0.583. The van der Waals surface area contributed by atoms with Crippen molar-refractivity contribution in [3.8, 4) is 17.2 Å². The SMILES string of the molecule is CC[C@H]1O[C@@H](Oc2cc3c(cc2C)C2C(=O)c4cc5c(cc4C2N(CCCN2CCOCC2)C3=O)OCO5)[C@H](OC(C)=O)[C@@H](C)[C@H]1C. The van der Waals surface area contributed by atoms with Crippen LogP contribution in [0.15, 0.2) is 24.3 Å². The number of carbonyl (C=O) groups excluding carboxylic acids is 3. The van der Waals surface area contributed by atoms with Gasteiger partial charge in [-0.15, -0.1) is 0 Å². The first-order chi connectivity index (χ1) is 22.7. The Morgan fingerprint density at radius 2 is 1.70 bits per heavy atom. The van der Waals surface area contributed by atoms with Crippen molar-refractivity contribution >= 4 is 17.7 Å². The molecule has 0 spiro atoms. The summed E-state index contributed by atoms with van der Waals surface area (Å²) in [5, 5.41) is 0. The van der Waals surface area contributed by atoms with Crippen LogP contribution in [0.25, 0.3) is 0 Å². The maximum absolute atomic E-state index is 14.5. The summed E-state index contributed by atoms with van der Waals surface area (Å²) in [6.07, 6.45) is -0.00214. The fourth-order valence-electron chi connectivity index (χ4n) is 7.96. The second kappa shape index (κ2) is 12.7. The van der Waals surface area contributed by atoms with E-state index in [0.717, 1.165) is 43.6 Å². The smallest absolute Gasteiger partial charge is 0.303 e. The van der Waals surface area contributed by atoms with Crippen LogP contribution in [-0.2, 0) is 19.0 Å². The van der Waals surface area contributed by atoms with Crippen molar-refractivity contribution in [2.75, 3.05) is 46.2 Å². The molecule has 2 unspecified atom stereocenters. The van der Waals surface area contributed by atoms with Crippen LogP contribution in [0, 0.1) is 18.8 Å². The second-order valence-corrected chi connectivity index (χ2v) is 13.5. The molecule has 5 aliphatic rings. The zero-order valence-corrected chi connectivity index (χ0v) is 27.8. The lowest BCUT2D eigenvalue weighted by atomic mass is 9.81. The van der Waals surface area contributed by atoms with E-state index in [0.29, 0.717) is 53.7 Å². The number of hydrogen-bond donors (Lipinski definition) is 0. The number of ether oxygens (including phenoxy) is 6. The quantitative estimate of drug-likeness (QED) is 0.375. The highest BCUT2D eigenvalue weighted by Crippen LogP contribution is 2.54. The number of morpholine rings is 1. The number of nitrogens with zero attached hydrogens (tertiary/aromatic N) is 2. The van der Waals surface area contributed by atoms with Gasteiger partial charge in [-0.25, -0.2) is 0 Å². The summed E-state index contributed by atoms with van der Waals surface area (Å²) >= 11 is 0. The van der Waals surface area contributed by atoms with Crippen LogP contribution in [-0.4, -0.2) is 92.1 Å². The number of rotatable bonds is 8. The average molecular weight is 649 g/mol. The van der Waals surface area contributed by atoms with Gasteiger partial charge in [0.15, 0.2) is 23.4 Å². The van der Waals surface area contributed by atoms with E-state index in [1.165, 1.54) is 6.92 Å². The minimum Gasteiger partial charge on any atom is -0.461 e. The summed E-state index contributed by atoms with van der Waals surface area (Å²) in [6.45, 7) is 14.0. The van der Waals surface area contributed by atoms with Crippen molar-refractivity contribution in [2.45, 2.75) is 77.9 Å². The van der Waals surface area contributed by atoms with Gasteiger partial charge in [0.2, 0.25) is 13.1 Å². The molecule has 252 valence electrons. The number of amides is 1. The van der Waals surface area contributed by atoms with E-state index in [1.54, 1.807) is 12.1 Å². The second-order valence-electron chi connectivity index (χ2n) is 13.5. The molecular weight excluding hydrogens is 604 g/mol. The molecule has 1 amide bonds. The van der Waals surface area contributed by atoms with E-state index in [2.05, 4.69) is 18.7 Å². The van der Waals surface area contributed by atoms with E-state index < -0.39 is 30.3 Å². The molecule has 7 rings (SSSR count). The van der Waals surface area contributed by atoms with Crippen LogP contribution in [0.5, 0.6) is 17.2 Å². The van der Waals surface area contributed by atoms with Crippen molar-refractivity contribution in [3.05, 3.63) is 52.1 Å². The molecule has 2 aromatic carbocycles. The first kappa shape index (κ1) is 31.9. The Morgan fingerprint density at radius 1 is 0.957 bits per heavy atom. The molecule has 0 saturated carbocycles. The molecule has 0 aromatic heterocycles. The molecule has 1 aliphatic carbocycles. The minimum atomic E-state index is -0.845. The van der Waals surface area contributed by atoms with Gasteiger partial charge >= 0.3 is 5.97 Å². The topological polar surface area (TPSA) is 113 Å². The lowest BCUT2D eigenvalue weighted by molar-refractivity contribution is -0.247. The molecule has 2 saturated heterocycles. The molecule has 2 aromatic rings. The van der Waals surface area contributed by atoms with Crippen molar-refractivity contribution in [2.24, 2.45) is 11.8 Å².